The summed E-state index contributed by atoms with van der Waals surface area (Å²) in [7, 11) is 0. The summed E-state index contributed by atoms with van der Waals surface area (Å²) in [4.78, 5) is 22.6. The first-order valence-electron chi connectivity index (χ1n) is 4.95. The Morgan fingerprint density at radius 3 is 2.47 bits per heavy atom. The van der Waals surface area contributed by atoms with Crippen molar-refractivity contribution in [2.75, 3.05) is 6.54 Å². The van der Waals surface area contributed by atoms with Crippen LogP contribution in [0.4, 0.5) is 0 Å². The molecule has 1 rings (SSSR count). The van der Waals surface area contributed by atoms with Crippen LogP contribution in [0, 0.1) is 0 Å². The molecule has 94 valence electrons. The van der Waals surface area contributed by atoms with Crippen molar-refractivity contribution in [2.24, 2.45) is 11.5 Å². The van der Waals surface area contributed by atoms with Gasteiger partial charge in [-0.2, -0.15) is 0 Å². The van der Waals surface area contributed by atoms with Gasteiger partial charge in [-0.1, -0.05) is 6.07 Å². The summed E-state index contributed by atoms with van der Waals surface area (Å²) >= 11 is 0. The van der Waals surface area contributed by atoms with E-state index in [0.29, 0.717) is 17.7 Å². The van der Waals surface area contributed by atoms with Crippen molar-refractivity contribution in [1.82, 2.24) is 5.32 Å². The Morgan fingerprint density at radius 1 is 1.35 bits per heavy atom. The minimum Gasteiger partial charge on any atom is -0.366 e. The Morgan fingerprint density at radius 2 is 1.94 bits per heavy atom. The maximum atomic E-state index is 11.7. The highest BCUT2D eigenvalue weighted by molar-refractivity contribution is 5.99. The molecule has 0 radical (unpaired) electrons. The number of nitrogens with two attached hydrogens (primary N) is 2. The van der Waals surface area contributed by atoms with Gasteiger partial charge < -0.3 is 16.8 Å². The van der Waals surface area contributed by atoms with E-state index in [4.69, 9.17) is 11.5 Å². The van der Waals surface area contributed by atoms with Gasteiger partial charge in [-0.05, 0) is 25.1 Å². The van der Waals surface area contributed by atoms with Crippen LogP contribution in [0.15, 0.2) is 24.3 Å². The molecule has 0 saturated heterocycles. The van der Waals surface area contributed by atoms with Crippen molar-refractivity contribution >= 4 is 24.2 Å². The summed E-state index contributed by atoms with van der Waals surface area (Å²) in [6, 6.07) is 6.14. The fourth-order valence-electron chi connectivity index (χ4n) is 1.18. The second kappa shape index (κ2) is 6.88. The average Bonchev–Trinajstić information content (AvgIpc) is 2.28. The minimum atomic E-state index is -0.554. The standard InChI is InChI=1S/C11H15N3O2.ClH/c1-7(6-12)14-11(16)9-4-2-3-8(5-9)10(13)15;/h2-5,7H,6,12H2,1H3,(H2,13,15)(H,14,16);1H/t7-;/m1./s1. The molecule has 0 unspecified atom stereocenters. The van der Waals surface area contributed by atoms with Crippen LogP contribution in [0.3, 0.4) is 0 Å². The van der Waals surface area contributed by atoms with Crippen molar-refractivity contribution in [2.45, 2.75) is 13.0 Å². The lowest BCUT2D eigenvalue weighted by molar-refractivity contribution is 0.0941. The Kier molecular flexibility index (Phi) is 6.23. The topological polar surface area (TPSA) is 98.2 Å². The molecule has 0 aliphatic rings. The van der Waals surface area contributed by atoms with E-state index in [1.54, 1.807) is 25.1 Å². The van der Waals surface area contributed by atoms with Crippen molar-refractivity contribution in [3.8, 4) is 0 Å². The van der Waals surface area contributed by atoms with Gasteiger partial charge in [0.05, 0.1) is 0 Å². The van der Waals surface area contributed by atoms with E-state index in [1.807, 2.05) is 0 Å². The number of nitrogens with one attached hydrogen (secondary N) is 1. The molecule has 0 bridgehead atoms. The molecule has 0 saturated carbocycles. The van der Waals surface area contributed by atoms with Gasteiger partial charge in [-0.15, -0.1) is 12.4 Å². The molecule has 1 atom stereocenters. The van der Waals surface area contributed by atoms with Crippen LogP contribution in [0.1, 0.15) is 27.6 Å². The van der Waals surface area contributed by atoms with E-state index < -0.39 is 5.91 Å². The zero-order valence-corrected chi connectivity index (χ0v) is 10.3. The van der Waals surface area contributed by atoms with Crippen LogP contribution in [-0.2, 0) is 0 Å². The monoisotopic (exact) mass is 257 g/mol. The molecule has 0 spiro atoms. The number of halogens is 1. The van der Waals surface area contributed by atoms with Crippen LogP contribution in [-0.4, -0.2) is 24.4 Å². The Labute approximate surface area is 106 Å². The molecule has 6 heteroatoms. The molecule has 5 N–H and O–H groups in total. The normalized spacial score (nSPS) is 11.2. The third-order valence-corrected chi connectivity index (χ3v) is 2.14. The van der Waals surface area contributed by atoms with Gasteiger partial charge in [-0.3, -0.25) is 9.59 Å². The number of hydrogen-bond donors (Lipinski definition) is 3. The largest absolute Gasteiger partial charge is 0.366 e. The quantitative estimate of drug-likeness (QED) is 0.723. The number of primary amides is 1. The number of hydrogen-bond acceptors (Lipinski definition) is 3. The summed E-state index contributed by atoms with van der Waals surface area (Å²) in [6.45, 7) is 2.16. The zero-order chi connectivity index (χ0) is 12.1. The Balaban J connectivity index is 0.00000256. The molecule has 0 heterocycles. The first kappa shape index (κ1) is 15.4. The highest BCUT2D eigenvalue weighted by atomic mass is 35.5. The van der Waals surface area contributed by atoms with Gasteiger partial charge in [0.2, 0.25) is 5.91 Å². The molecule has 0 aliphatic heterocycles. The lowest BCUT2D eigenvalue weighted by Gasteiger charge is -2.11. The van der Waals surface area contributed by atoms with Crippen LogP contribution in [0.5, 0.6) is 0 Å². The maximum Gasteiger partial charge on any atom is 0.251 e. The SMILES string of the molecule is C[C@H](CN)NC(=O)c1cccc(C(N)=O)c1.Cl. The number of rotatable bonds is 4. The number of carbonyl (C=O) groups excluding carboxylic acids is 2. The van der Waals surface area contributed by atoms with E-state index in [2.05, 4.69) is 5.32 Å². The summed E-state index contributed by atoms with van der Waals surface area (Å²) in [6.07, 6.45) is 0. The highest BCUT2D eigenvalue weighted by Crippen LogP contribution is 2.04. The number of carbonyl (C=O) groups is 2. The van der Waals surface area contributed by atoms with Crippen molar-refractivity contribution in [1.29, 1.82) is 0 Å². The van der Waals surface area contributed by atoms with E-state index in [0.717, 1.165) is 0 Å². The van der Waals surface area contributed by atoms with Gasteiger partial charge in [0.25, 0.3) is 5.91 Å². The van der Waals surface area contributed by atoms with E-state index >= 15 is 0 Å². The molecule has 2 amide bonds. The lowest BCUT2D eigenvalue weighted by Crippen LogP contribution is -2.37. The fourth-order valence-corrected chi connectivity index (χ4v) is 1.18. The predicted octanol–water partition coefficient (Wildman–Crippen LogP) is 0.284. The second-order valence-electron chi connectivity index (χ2n) is 3.56. The summed E-state index contributed by atoms with van der Waals surface area (Å²) in [5.74, 6) is -0.817. The average molecular weight is 258 g/mol. The summed E-state index contributed by atoms with van der Waals surface area (Å²) < 4.78 is 0. The third-order valence-electron chi connectivity index (χ3n) is 2.14. The molecule has 1 aromatic rings. The minimum absolute atomic E-state index is 0. The highest BCUT2D eigenvalue weighted by Gasteiger charge is 2.10. The predicted molar refractivity (Wildman–Crippen MR) is 68.2 cm³/mol. The smallest absolute Gasteiger partial charge is 0.251 e. The van der Waals surface area contributed by atoms with Crippen LogP contribution < -0.4 is 16.8 Å². The van der Waals surface area contributed by atoms with Gasteiger partial charge >= 0.3 is 0 Å². The Bertz CT molecular complexity index is 409. The number of amides is 2. The van der Waals surface area contributed by atoms with Crippen molar-refractivity contribution < 1.29 is 9.59 Å². The fraction of sp³-hybridized carbons (Fsp3) is 0.273. The third kappa shape index (κ3) is 4.42. The molecule has 5 nitrogen and oxygen atoms in total. The molecule has 1 aromatic carbocycles. The number of benzene rings is 1. The van der Waals surface area contributed by atoms with Crippen molar-refractivity contribution in [3.63, 3.8) is 0 Å². The van der Waals surface area contributed by atoms with Crippen molar-refractivity contribution in [3.05, 3.63) is 35.4 Å². The Hall–Kier alpha value is -1.59. The molecule has 0 aliphatic carbocycles. The van der Waals surface area contributed by atoms with Gasteiger partial charge in [0, 0.05) is 23.7 Å². The molecular formula is C11H16ClN3O2. The molecular weight excluding hydrogens is 242 g/mol. The summed E-state index contributed by atoms with van der Waals surface area (Å²) in [5, 5.41) is 2.70. The zero-order valence-electron chi connectivity index (χ0n) is 9.47. The maximum absolute atomic E-state index is 11.7. The van der Waals surface area contributed by atoms with Crippen LogP contribution in [0.2, 0.25) is 0 Å². The molecule has 0 aromatic heterocycles. The van der Waals surface area contributed by atoms with Gasteiger partial charge in [0.1, 0.15) is 0 Å². The van der Waals surface area contributed by atoms with Gasteiger partial charge in [-0.25, -0.2) is 0 Å². The van der Waals surface area contributed by atoms with Gasteiger partial charge in [0.15, 0.2) is 0 Å². The molecule has 0 fully saturated rings. The van der Waals surface area contributed by atoms with Crippen LogP contribution in [0.25, 0.3) is 0 Å². The first-order chi connectivity index (χ1) is 7.54. The van der Waals surface area contributed by atoms with E-state index in [9.17, 15) is 9.59 Å². The van der Waals surface area contributed by atoms with E-state index in [1.165, 1.54) is 6.07 Å². The lowest BCUT2D eigenvalue weighted by atomic mass is 10.1. The van der Waals surface area contributed by atoms with E-state index in [-0.39, 0.29) is 24.4 Å². The molecule has 17 heavy (non-hydrogen) atoms. The summed E-state index contributed by atoms with van der Waals surface area (Å²) in [5.41, 5.74) is 11.2. The van der Waals surface area contributed by atoms with Crippen LogP contribution >= 0.6 is 12.4 Å². The first-order valence-corrected chi connectivity index (χ1v) is 4.95. The second-order valence-corrected chi connectivity index (χ2v) is 3.56.